The molecule has 0 bridgehead atoms. The second-order valence-corrected chi connectivity index (χ2v) is 14.2. The Balaban J connectivity index is 1.12. The summed E-state index contributed by atoms with van der Waals surface area (Å²) in [5, 5.41) is 3.33. The van der Waals surface area contributed by atoms with Gasteiger partial charge in [-0.05, 0) is 83.3 Å². The van der Waals surface area contributed by atoms with Crippen LogP contribution in [0.2, 0.25) is 0 Å². The SMILES string of the molecule is c1ccc(-c2nc(-c3cccc4c3oc3cc(-c5ccc6c(c5)CCCCCc5ccccc5-6)ccc34)nc3c2sc2ccccc23)cc1. The Morgan fingerprint density at radius 1 is 0.510 bits per heavy atom. The van der Waals surface area contributed by atoms with Crippen LogP contribution in [0.3, 0.4) is 0 Å². The summed E-state index contributed by atoms with van der Waals surface area (Å²) in [6.07, 6.45) is 5.98. The molecule has 1 aliphatic rings. The van der Waals surface area contributed by atoms with Crippen LogP contribution in [0.15, 0.2) is 138 Å². The van der Waals surface area contributed by atoms with Gasteiger partial charge in [0.05, 0.1) is 21.5 Å². The molecule has 3 heterocycles. The average molecular weight is 649 g/mol. The first-order valence-corrected chi connectivity index (χ1v) is 18.0. The zero-order valence-electron chi connectivity index (χ0n) is 26.9. The molecule has 1 aliphatic carbocycles. The summed E-state index contributed by atoms with van der Waals surface area (Å²) in [5.74, 6) is 0.678. The summed E-state index contributed by atoms with van der Waals surface area (Å²) >= 11 is 1.75. The number of aryl methyl sites for hydroxylation is 2. The lowest BCUT2D eigenvalue weighted by Crippen LogP contribution is -1.93. The lowest BCUT2D eigenvalue weighted by Gasteiger charge is -2.14. The number of benzene rings is 6. The van der Waals surface area contributed by atoms with E-state index in [9.17, 15) is 0 Å². The minimum absolute atomic E-state index is 0.678. The van der Waals surface area contributed by atoms with Gasteiger partial charge in [0.25, 0.3) is 0 Å². The Kier molecular flexibility index (Phi) is 6.70. The van der Waals surface area contributed by atoms with E-state index in [1.807, 2.05) is 6.07 Å². The summed E-state index contributed by atoms with van der Waals surface area (Å²) < 4.78 is 9.08. The van der Waals surface area contributed by atoms with Crippen molar-refractivity contribution >= 4 is 53.6 Å². The maximum Gasteiger partial charge on any atom is 0.164 e. The second-order valence-electron chi connectivity index (χ2n) is 13.1. The van der Waals surface area contributed by atoms with E-state index in [0.717, 1.165) is 72.8 Å². The third-order valence-corrected chi connectivity index (χ3v) is 11.3. The second kappa shape index (κ2) is 11.5. The molecule has 0 unspecified atom stereocenters. The number of hydrogen-bond donors (Lipinski definition) is 0. The van der Waals surface area contributed by atoms with Gasteiger partial charge < -0.3 is 4.42 Å². The smallest absolute Gasteiger partial charge is 0.164 e. The van der Waals surface area contributed by atoms with Crippen molar-refractivity contribution in [3.63, 3.8) is 0 Å². The van der Waals surface area contributed by atoms with Crippen molar-refractivity contribution in [2.24, 2.45) is 0 Å². The van der Waals surface area contributed by atoms with Crippen molar-refractivity contribution in [2.45, 2.75) is 32.1 Å². The fraction of sp³-hybridized carbons (Fsp3) is 0.111. The fourth-order valence-electron chi connectivity index (χ4n) is 7.71. The van der Waals surface area contributed by atoms with E-state index >= 15 is 0 Å². The van der Waals surface area contributed by atoms with Crippen molar-refractivity contribution in [1.29, 1.82) is 0 Å². The highest BCUT2D eigenvalue weighted by Gasteiger charge is 2.20. The summed E-state index contributed by atoms with van der Waals surface area (Å²) in [6, 6.07) is 47.9. The Morgan fingerprint density at radius 2 is 1.24 bits per heavy atom. The van der Waals surface area contributed by atoms with E-state index in [1.54, 1.807) is 11.3 Å². The van der Waals surface area contributed by atoms with E-state index in [1.165, 1.54) is 51.8 Å². The molecule has 0 saturated carbocycles. The van der Waals surface area contributed by atoms with Crippen LogP contribution in [0.25, 0.3) is 87.1 Å². The van der Waals surface area contributed by atoms with E-state index in [2.05, 4.69) is 127 Å². The molecule has 9 aromatic rings. The molecule has 0 atom stereocenters. The number of thiophene rings is 1. The van der Waals surface area contributed by atoms with Crippen LogP contribution in [-0.4, -0.2) is 9.97 Å². The lowest BCUT2D eigenvalue weighted by atomic mass is 9.90. The molecule has 6 aromatic carbocycles. The molecular weight excluding hydrogens is 617 g/mol. The van der Waals surface area contributed by atoms with Gasteiger partial charge in [-0.25, -0.2) is 9.97 Å². The summed E-state index contributed by atoms with van der Waals surface area (Å²) in [6.45, 7) is 0. The predicted octanol–water partition coefficient (Wildman–Crippen LogP) is 12.7. The van der Waals surface area contributed by atoms with Crippen molar-refractivity contribution in [3.05, 3.63) is 145 Å². The largest absolute Gasteiger partial charge is 0.455 e. The van der Waals surface area contributed by atoms with Gasteiger partial charge in [-0.3, -0.25) is 0 Å². The van der Waals surface area contributed by atoms with Gasteiger partial charge in [0, 0.05) is 26.4 Å². The first-order chi connectivity index (χ1) is 24.3. The molecule has 0 N–H and O–H groups in total. The van der Waals surface area contributed by atoms with Gasteiger partial charge in [-0.15, -0.1) is 11.3 Å². The molecule has 49 heavy (non-hydrogen) atoms. The van der Waals surface area contributed by atoms with E-state index in [-0.39, 0.29) is 0 Å². The van der Waals surface area contributed by atoms with Gasteiger partial charge in [0.2, 0.25) is 0 Å². The minimum atomic E-state index is 0.678. The Labute approximate surface area is 288 Å². The third-order valence-electron chi connectivity index (χ3n) is 10.1. The maximum atomic E-state index is 6.76. The van der Waals surface area contributed by atoms with Crippen LogP contribution < -0.4 is 0 Å². The van der Waals surface area contributed by atoms with Gasteiger partial charge >= 0.3 is 0 Å². The zero-order chi connectivity index (χ0) is 32.3. The average Bonchev–Trinajstić information content (AvgIpc) is 3.75. The molecule has 0 aliphatic heterocycles. The molecule has 0 amide bonds. The molecule has 0 fully saturated rings. The van der Waals surface area contributed by atoms with Crippen molar-refractivity contribution in [2.75, 3.05) is 0 Å². The van der Waals surface area contributed by atoms with Crippen molar-refractivity contribution in [1.82, 2.24) is 9.97 Å². The number of nitrogens with zero attached hydrogens (tertiary/aromatic N) is 2. The van der Waals surface area contributed by atoms with Gasteiger partial charge in [-0.2, -0.15) is 0 Å². The number of para-hydroxylation sites is 1. The zero-order valence-corrected chi connectivity index (χ0v) is 27.8. The number of rotatable bonds is 3. The summed E-state index contributed by atoms with van der Waals surface area (Å²) in [4.78, 5) is 10.5. The molecule has 0 saturated heterocycles. The summed E-state index contributed by atoms with van der Waals surface area (Å²) in [5.41, 5.74) is 13.7. The van der Waals surface area contributed by atoms with Crippen molar-refractivity contribution in [3.8, 4) is 44.9 Å². The highest BCUT2D eigenvalue weighted by atomic mass is 32.1. The number of furan rings is 1. The normalized spacial score (nSPS) is 13.3. The molecule has 4 heteroatoms. The van der Waals surface area contributed by atoms with Crippen molar-refractivity contribution < 1.29 is 4.42 Å². The standard InChI is InChI=1S/C45H32N2OS/c1-3-12-28-13-7-8-17-33(28)34-24-22-30(26-32(34)16-6-1)31-23-25-35-36-19-11-20-38(43(36)48-39(35)27-31)45-46-41(29-14-4-2-5-15-29)44-42(47-45)37-18-9-10-21-40(37)49-44/h2,4-5,7-11,13-15,17-27H,1,3,6,12,16H2. The molecule has 0 radical (unpaired) electrons. The van der Waals surface area contributed by atoms with Crippen LogP contribution in [0, 0.1) is 0 Å². The van der Waals surface area contributed by atoms with E-state index < -0.39 is 0 Å². The predicted molar refractivity (Wildman–Crippen MR) is 205 cm³/mol. The number of fused-ring (bicyclic) bond motifs is 9. The molecule has 3 aromatic heterocycles. The van der Waals surface area contributed by atoms with E-state index in [4.69, 9.17) is 14.4 Å². The third kappa shape index (κ3) is 4.78. The molecule has 3 nitrogen and oxygen atoms in total. The van der Waals surface area contributed by atoms with Gasteiger partial charge in [0.1, 0.15) is 11.2 Å². The quantitative estimate of drug-likeness (QED) is 0.191. The van der Waals surface area contributed by atoms with Crippen LogP contribution >= 0.6 is 11.3 Å². The maximum absolute atomic E-state index is 6.76. The van der Waals surface area contributed by atoms with Crippen LogP contribution in [0.4, 0.5) is 0 Å². The molecule has 10 rings (SSSR count). The first kappa shape index (κ1) is 28.4. The Hall–Kier alpha value is -5.58. The number of aromatic nitrogens is 2. The van der Waals surface area contributed by atoms with Crippen LogP contribution in [0.1, 0.15) is 30.4 Å². The fourth-order valence-corrected chi connectivity index (χ4v) is 8.86. The number of hydrogen-bond acceptors (Lipinski definition) is 4. The lowest BCUT2D eigenvalue weighted by molar-refractivity contribution is 0.669. The monoisotopic (exact) mass is 648 g/mol. The highest BCUT2D eigenvalue weighted by molar-refractivity contribution is 7.26. The van der Waals surface area contributed by atoms with Crippen LogP contribution in [-0.2, 0) is 12.8 Å². The van der Waals surface area contributed by atoms with Gasteiger partial charge in [-0.1, -0.05) is 116 Å². The molecule has 0 spiro atoms. The van der Waals surface area contributed by atoms with Crippen LogP contribution in [0.5, 0.6) is 0 Å². The highest BCUT2D eigenvalue weighted by Crippen LogP contribution is 2.42. The summed E-state index contributed by atoms with van der Waals surface area (Å²) in [7, 11) is 0. The Morgan fingerprint density at radius 3 is 2.18 bits per heavy atom. The van der Waals surface area contributed by atoms with Gasteiger partial charge in [0.15, 0.2) is 5.82 Å². The Bertz CT molecular complexity index is 2700. The molecular formula is C45H32N2OS. The molecule has 234 valence electrons. The first-order valence-electron chi connectivity index (χ1n) is 17.2. The van der Waals surface area contributed by atoms with E-state index in [0.29, 0.717) is 5.82 Å². The minimum Gasteiger partial charge on any atom is -0.455 e. The topological polar surface area (TPSA) is 38.9 Å².